The molecular weight excluding hydrogens is 266 g/mol. The highest BCUT2D eigenvalue weighted by Gasteiger charge is 2.48. The second-order valence-corrected chi connectivity index (χ2v) is 4.80. The van der Waals surface area contributed by atoms with Crippen LogP contribution in [0.1, 0.15) is 18.2 Å². The maximum Gasteiger partial charge on any atom is 0.196 e. The van der Waals surface area contributed by atoms with E-state index in [0.717, 1.165) is 0 Å². The summed E-state index contributed by atoms with van der Waals surface area (Å²) in [4.78, 5) is 7.95. The Balaban J connectivity index is 1.99. The van der Waals surface area contributed by atoms with E-state index in [0.29, 0.717) is 11.3 Å². The molecule has 2 aromatic rings. The van der Waals surface area contributed by atoms with Gasteiger partial charge < -0.3 is 25.8 Å². The minimum Gasteiger partial charge on any atom is -0.393 e. The highest BCUT2D eigenvalue weighted by atomic mass is 16.6. The Kier molecular flexibility index (Phi) is 3.05. The van der Waals surface area contributed by atoms with E-state index in [1.54, 1.807) is 0 Å². The van der Waals surface area contributed by atoms with Gasteiger partial charge in [0.1, 0.15) is 18.0 Å². The van der Waals surface area contributed by atoms with Gasteiger partial charge >= 0.3 is 0 Å². The SMILES string of the molecule is Nc1ncnn2c([C@H]3C[C@H](O)C(CO)(CO)O3)cnc12. The van der Waals surface area contributed by atoms with Gasteiger partial charge in [-0.15, -0.1) is 0 Å². The average molecular weight is 281 g/mol. The third-order valence-electron chi connectivity index (χ3n) is 3.64. The summed E-state index contributed by atoms with van der Waals surface area (Å²) < 4.78 is 7.12. The van der Waals surface area contributed by atoms with Gasteiger partial charge in [-0.3, -0.25) is 0 Å². The first-order valence-electron chi connectivity index (χ1n) is 6.13. The van der Waals surface area contributed by atoms with Gasteiger partial charge in [-0.1, -0.05) is 0 Å². The highest BCUT2D eigenvalue weighted by Crippen LogP contribution is 2.39. The molecule has 3 rings (SSSR count). The molecule has 2 aromatic heterocycles. The van der Waals surface area contributed by atoms with Gasteiger partial charge in [0, 0.05) is 6.42 Å². The fourth-order valence-electron chi connectivity index (χ4n) is 2.42. The van der Waals surface area contributed by atoms with Crippen molar-refractivity contribution in [2.75, 3.05) is 18.9 Å². The van der Waals surface area contributed by atoms with Gasteiger partial charge in [0.25, 0.3) is 0 Å². The first-order chi connectivity index (χ1) is 9.61. The normalized spacial score (nSPS) is 25.4. The fourth-order valence-corrected chi connectivity index (χ4v) is 2.42. The predicted molar refractivity (Wildman–Crippen MR) is 66.5 cm³/mol. The summed E-state index contributed by atoms with van der Waals surface area (Å²) in [5, 5.41) is 32.7. The first-order valence-corrected chi connectivity index (χ1v) is 6.13. The van der Waals surface area contributed by atoms with Crippen LogP contribution in [0.15, 0.2) is 12.5 Å². The van der Waals surface area contributed by atoms with E-state index in [-0.39, 0.29) is 12.2 Å². The molecule has 0 saturated carbocycles. The molecule has 2 atom stereocenters. The third kappa shape index (κ3) is 1.75. The molecule has 0 unspecified atom stereocenters. The van der Waals surface area contributed by atoms with Crippen LogP contribution in [0.4, 0.5) is 5.82 Å². The smallest absolute Gasteiger partial charge is 0.196 e. The minimum absolute atomic E-state index is 0.221. The van der Waals surface area contributed by atoms with Gasteiger partial charge in [0.15, 0.2) is 11.5 Å². The first kappa shape index (κ1) is 13.2. The summed E-state index contributed by atoms with van der Waals surface area (Å²) in [5.74, 6) is 0.236. The summed E-state index contributed by atoms with van der Waals surface area (Å²) in [5.41, 5.74) is 5.30. The number of ether oxygens (including phenoxy) is 1. The number of nitrogens with zero attached hydrogens (tertiary/aromatic N) is 4. The van der Waals surface area contributed by atoms with Crippen LogP contribution in [-0.2, 0) is 4.74 Å². The molecule has 0 amide bonds. The lowest BCUT2D eigenvalue weighted by Crippen LogP contribution is -2.46. The Labute approximate surface area is 113 Å². The molecule has 1 aliphatic heterocycles. The van der Waals surface area contributed by atoms with Crippen LogP contribution in [0, 0.1) is 0 Å². The number of fused-ring (bicyclic) bond motifs is 1. The number of rotatable bonds is 3. The molecule has 0 aliphatic carbocycles. The van der Waals surface area contributed by atoms with Gasteiger partial charge in [-0.2, -0.15) is 5.10 Å². The summed E-state index contributed by atoms with van der Waals surface area (Å²) in [6, 6.07) is 0. The van der Waals surface area contributed by atoms with Crippen molar-refractivity contribution in [3.8, 4) is 0 Å². The number of nitrogen functional groups attached to an aromatic ring is 1. The maximum absolute atomic E-state index is 10.0. The lowest BCUT2D eigenvalue weighted by molar-refractivity contribution is -0.137. The molecule has 1 fully saturated rings. The lowest BCUT2D eigenvalue weighted by Gasteiger charge is -2.27. The molecule has 9 nitrogen and oxygen atoms in total. The topological polar surface area (TPSA) is 139 Å². The van der Waals surface area contributed by atoms with Gasteiger partial charge in [-0.25, -0.2) is 14.5 Å². The number of nitrogens with two attached hydrogens (primary N) is 1. The molecule has 9 heteroatoms. The highest BCUT2D eigenvalue weighted by molar-refractivity contribution is 5.58. The maximum atomic E-state index is 10.0. The molecule has 1 aliphatic rings. The molecule has 108 valence electrons. The van der Waals surface area contributed by atoms with E-state index in [2.05, 4.69) is 15.1 Å². The van der Waals surface area contributed by atoms with E-state index in [1.807, 2.05) is 0 Å². The largest absolute Gasteiger partial charge is 0.393 e. The van der Waals surface area contributed by atoms with E-state index in [4.69, 9.17) is 10.5 Å². The van der Waals surface area contributed by atoms with Crippen LogP contribution < -0.4 is 5.73 Å². The van der Waals surface area contributed by atoms with Crippen LogP contribution in [0.3, 0.4) is 0 Å². The number of aliphatic hydroxyl groups is 3. The predicted octanol–water partition coefficient (Wildman–Crippen LogP) is -1.75. The van der Waals surface area contributed by atoms with Gasteiger partial charge in [-0.05, 0) is 0 Å². The van der Waals surface area contributed by atoms with Crippen molar-refractivity contribution in [2.45, 2.75) is 24.2 Å². The summed E-state index contributed by atoms with van der Waals surface area (Å²) in [6.07, 6.45) is 1.52. The number of hydrogen-bond acceptors (Lipinski definition) is 8. The number of imidazole rings is 1. The van der Waals surface area contributed by atoms with Crippen molar-refractivity contribution in [2.24, 2.45) is 0 Å². The summed E-state index contributed by atoms with van der Waals surface area (Å²) in [7, 11) is 0. The van der Waals surface area contributed by atoms with Crippen molar-refractivity contribution in [3.05, 3.63) is 18.2 Å². The quantitative estimate of drug-likeness (QED) is 0.519. The molecule has 3 heterocycles. The van der Waals surface area contributed by atoms with Crippen LogP contribution in [0.5, 0.6) is 0 Å². The lowest BCUT2D eigenvalue weighted by atomic mass is 9.98. The zero-order valence-corrected chi connectivity index (χ0v) is 10.5. The number of aromatic nitrogens is 4. The van der Waals surface area contributed by atoms with Crippen LogP contribution in [0.2, 0.25) is 0 Å². The molecular formula is C11H15N5O4. The molecule has 1 saturated heterocycles. The molecule has 0 radical (unpaired) electrons. The average Bonchev–Trinajstić information content (AvgIpc) is 3.01. The zero-order chi connectivity index (χ0) is 14.3. The van der Waals surface area contributed by atoms with Crippen LogP contribution in [0.25, 0.3) is 5.65 Å². The summed E-state index contributed by atoms with van der Waals surface area (Å²) >= 11 is 0. The standard InChI is InChI=1S/C11H15N5O4/c12-9-10-13-2-6(16(10)15-5-14-9)7-1-8(19)11(3-17,4-18)20-7/h2,5,7-8,17-19H,1,3-4H2,(H2,12,14,15)/t7-,8+/m1/s1. The Morgan fingerprint density at radius 1 is 1.40 bits per heavy atom. The van der Waals surface area contributed by atoms with Crippen molar-refractivity contribution >= 4 is 11.5 Å². The van der Waals surface area contributed by atoms with Gasteiger partial charge in [0.05, 0.1) is 31.2 Å². The van der Waals surface area contributed by atoms with Crippen molar-refractivity contribution in [1.82, 2.24) is 19.6 Å². The number of anilines is 1. The Morgan fingerprint density at radius 2 is 2.15 bits per heavy atom. The second-order valence-electron chi connectivity index (χ2n) is 4.80. The molecule has 0 aromatic carbocycles. The molecule has 0 bridgehead atoms. The van der Waals surface area contributed by atoms with Crippen LogP contribution in [-0.4, -0.2) is 59.8 Å². The van der Waals surface area contributed by atoms with E-state index < -0.39 is 31.0 Å². The van der Waals surface area contributed by atoms with Crippen molar-refractivity contribution < 1.29 is 20.1 Å². The second kappa shape index (κ2) is 4.63. The van der Waals surface area contributed by atoms with Gasteiger partial charge in [0.2, 0.25) is 0 Å². The van der Waals surface area contributed by atoms with E-state index in [9.17, 15) is 15.3 Å². The number of hydrogen-bond donors (Lipinski definition) is 4. The minimum atomic E-state index is -1.37. The summed E-state index contributed by atoms with van der Waals surface area (Å²) in [6.45, 7) is -0.954. The molecule has 5 N–H and O–H groups in total. The van der Waals surface area contributed by atoms with E-state index >= 15 is 0 Å². The third-order valence-corrected chi connectivity index (χ3v) is 3.64. The van der Waals surface area contributed by atoms with Crippen LogP contribution >= 0.6 is 0 Å². The monoisotopic (exact) mass is 281 g/mol. The van der Waals surface area contributed by atoms with E-state index in [1.165, 1.54) is 17.0 Å². The Morgan fingerprint density at radius 3 is 2.80 bits per heavy atom. The Hall–Kier alpha value is -1.81. The van der Waals surface area contributed by atoms with Crippen molar-refractivity contribution in [1.29, 1.82) is 0 Å². The molecule has 0 spiro atoms. The Bertz CT molecular complexity index is 626. The zero-order valence-electron chi connectivity index (χ0n) is 10.5. The number of aliphatic hydroxyl groups excluding tert-OH is 3. The van der Waals surface area contributed by atoms with Crippen molar-refractivity contribution in [3.63, 3.8) is 0 Å². The fraction of sp³-hybridized carbons (Fsp3) is 0.545. The molecule has 20 heavy (non-hydrogen) atoms.